The molecule has 9 heteroatoms. The Morgan fingerprint density at radius 1 is 1.03 bits per heavy atom. The number of carbonyl (C=O) groups excluding carboxylic acids is 2. The lowest BCUT2D eigenvalue weighted by atomic mass is 10.1. The lowest BCUT2D eigenvalue weighted by molar-refractivity contribution is -0.122. The summed E-state index contributed by atoms with van der Waals surface area (Å²) in [6.07, 6.45) is 4.45. The van der Waals surface area contributed by atoms with Gasteiger partial charge in [0.25, 0.3) is 5.91 Å². The van der Waals surface area contributed by atoms with Crippen LogP contribution in [0.15, 0.2) is 47.4 Å². The highest BCUT2D eigenvalue weighted by Crippen LogP contribution is 2.33. The topological polar surface area (TPSA) is 49.4 Å². The van der Waals surface area contributed by atoms with Gasteiger partial charge in [0.1, 0.15) is 4.32 Å². The van der Waals surface area contributed by atoms with Crippen molar-refractivity contribution in [3.8, 4) is 0 Å². The summed E-state index contributed by atoms with van der Waals surface area (Å²) in [6, 6.07) is 12.2. The van der Waals surface area contributed by atoms with E-state index in [4.69, 9.17) is 47.0 Å². The largest absolute Gasteiger partial charge is 0.325 e. The lowest BCUT2D eigenvalue weighted by Crippen LogP contribution is -2.29. The maximum absolute atomic E-state index is 12.7. The second kappa shape index (κ2) is 11.3. The van der Waals surface area contributed by atoms with E-state index in [9.17, 15) is 9.59 Å². The summed E-state index contributed by atoms with van der Waals surface area (Å²) in [4.78, 5) is 27.0. The van der Waals surface area contributed by atoms with Crippen molar-refractivity contribution in [3.05, 3.63) is 68.0 Å². The first-order chi connectivity index (χ1) is 14.8. The van der Waals surface area contributed by atoms with Gasteiger partial charge in [-0.1, -0.05) is 77.3 Å². The van der Waals surface area contributed by atoms with E-state index in [0.717, 1.165) is 18.4 Å². The Bertz CT molecular complexity index is 1030. The summed E-state index contributed by atoms with van der Waals surface area (Å²) in [6.45, 7) is 0.535. The van der Waals surface area contributed by atoms with Crippen LogP contribution in [-0.4, -0.2) is 27.6 Å². The number of hydrogen-bond acceptors (Lipinski definition) is 4. The standard InChI is InChI=1S/C22H19Cl3N2O2S2/c23-15-7-5-14(6-8-15)12-19-21(29)27(22(30)31-19)11-3-1-2-4-20(28)26-18-10-9-16(24)13-17(18)25/h5-10,12-13H,1-4,11H2,(H,26,28)/b19-12-. The fourth-order valence-electron chi connectivity index (χ4n) is 2.94. The SMILES string of the molecule is O=C(CCCCCN1C(=O)/C(=C/c2ccc(Cl)cc2)SC1=S)Nc1ccc(Cl)cc1Cl. The molecule has 0 bridgehead atoms. The van der Waals surface area contributed by atoms with Crippen LogP contribution >= 0.6 is 58.8 Å². The number of thioether (sulfide) groups is 1. The molecule has 0 atom stereocenters. The molecule has 0 unspecified atom stereocenters. The van der Waals surface area contributed by atoms with E-state index < -0.39 is 0 Å². The number of anilines is 1. The van der Waals surface area contributed by atoms with E-state index in [-0.39, 0.29) is 11.8 Å². The van der Waals surface area contributed by atoms with Crippen LogP contribution < -0.4 is 5.32 Å². The van der Waals surface area contributed by atoms with E-state index in [2.05, 4.69) is 5.32 Å². The second-order valence-electron chi connectivity index (χ2n) is 6.87. The number of thiocarbonyl (C=S) groups is 1. The number of halogens is 3. The molecule has 1 heterocycles. The Morgan fingerprint density at radius 3 is 2.45 bits per heavy atom. The number of nitrogens with zero attached hydrogens (tertiary/aromatic N) is 1. The zero-order chi connectivity index (χ0) is 22.4. The molecule has 0 spiro atoms. The Morgan fingerprint density at radius 2 is 1.74 bits per heavy atom. The van der Waals surface area contributed by atoms with Crippen molar-refractivity contribution in [3.63, 3.8) is 0 Å². The van der Waals surface area contributed by atoms with Crippen LogP contribution in [-0.2, 0) is 9.59 Å². The number of carbonyl (C=O) groups is 2. The lowest BCUT2D eigenvalue weighted by Gasteiger charge is -2.14. The molecule has 31 heavy (non-hydrogen) atoms. The third-order valence-electron chi connectivity index (χ3n) is 4.53. The first-order valence-electron chi connectivity index (χ1n) is 9.59. The molecule has 2 aromatic carbocycles. The van der Waals surface area contributed by atoms with E-state index in [1.54, 1.807) is 35.2 Å². The molecule has 1 N–H and O–H groups in total. The van der Waals surface area contributed by atoms with Crippen molar-refractivity contribution in [2.45, 2.75) is 25.7 Å². The molecule has 0 saturated carbocycles. The van der Waals surface area contributed by atoms with Crippen molar-refractivity contribution in [2.75, 3.05) is 11.9 Å². The monoisotopic (exact) mass is 512 g/mol. The van der Waals surface area contributed by atoms with Crippen LogP contribution in [0, 0.1) is 0 Å². The number of benzene rings is 2. The van der Waals surface area contributed by atoms with E-state index in [1.807, 2.05) is 18.2 Å². The molecule has 1 aliphatic heterocycles. The van der Waals surface area contributed by atoms with E-state index >= 15 is 0 Å². The van der Waals surface area contributed by atoms with Gasteiger partial charge in [-0.25, -0.2) is 0 Å². The quantitative estimate of drug-likeness (QED) is 0.233. The predicted molar refractivity (Wildman–Crippen MR) is 135 cm³/mol. The summed E-state index contributed by atoms with van der Waals surface area (Å²) in [5, 5.41) is 4.35. The number of rotatable bonds is 8. The molecular weight excluding hydrogens is 495 g/mol. The highest BCUT2D eigenvalue weighted by atomic mass is 35.5. The highest BCUT2D eigenvalue weighted by Gasteiger charge is 2.31. The molecule has 0 aromatic heterocycles. The van der Waals surface area contributed by atoms with Gasteiger partial charge in [-0.3, -0.25) is 14.5 Å². The van der Waals surface area contributed by atoms with Crippen molar-refractivity contribution in [2.24, 2.45) is 0 Å². The predicted octanol–water partition coefficient (Wildman–Crippen LogP) is 7.05. The van der Waals surface area contributed by atoms with Gasteiger partial charge in [0, 0.05) is 23.0 Å². The summed E-state index contributed by atoms with van der Waals surface area (Å²) in [5.74, 6) is -0.194. The zero-order valence-corrected chi connectivity index (χ0v) is 20.3. The molecule has 162 valence electrons. The van der Waals surface area contributed by atoms with Gasteiger partial charge in [-0.2, -0.15) is 0 Å². The fraction of sp³-hybridized carbons (Fsp3) is 0.227. The van der Waals surface area contributed by atoms with Crippen LogP contribution in [0.3, 0.4) is 0 Å². The minimum Gasteiger partial charge on any atom is -0.325 e. The maximum atomic E-state index is 12.7. The minimum absolute atomic E-state index is 0.0833. The van der Waals surface area contributed by atoms with E-state index in [1.165, 1.54) is 11.8 Å². The van der Waals surface area contributed by atoms with Crippen LogP contribution in [0.5, 0.6) is 0 Å². The van der Waals surface area contributed by atoms with Crippen molar-refractivity contribution in [1.82, 2.24) is 4.90 Å². The maximum Gasteiger partial charge on any atom is 0.266 e. The summed E-state index contributed by atoms with van der Waals surface area (Å²) < 4.78 is 0.556. The molecule has 4 nitrogen and oxygen atoms in total. The van der Waals surface area contributed by atoms with Gasteiger partial charge >= 0.3 is 0 Å². The van der Waals surface area contributed by atoms with Crippen LogP contribution in [0.1, 0.15) is 31.2 Å². The normalized spacial score (nSPS) is 15.1. The molecule has 3 rings (SSSR count). The van der Waals surface area contributed by atoms with Gasteiger partial charge in [-0.15, -0.1) is 0 Å². The summed E-state index contributed by atoms with van der Waals surface area (Å²) in [7, 11) is 0. The number of amides is 2. The van der Waals surface area contributed by atoms with Crippen LogP contribution in [0.4, 0.5) is 5.69 Å². The number of hydrogen-bond donors (Lipinski definition) is 1. The molecular formula is C22H19Cl3N2O2S2. The zero-order valence-electron chi connectivity index (χ0n) is 16.4. The summed E-state index contributed by atoms with van der Waals surface area (Å²) >= 11 is 24.5. The van der Waals surface area contributed by atoms with Gasteiger partial charge < -0.3 is 5.32 Å². The Balaban J connectivity index is 1.42. The van der Waals surface area contributed by atoms with Gasteiger partial charge in [0.05, 0.1) is 15.6 Å². The van der Waals surface area contributed by atoms with Crippen LogP contribution in [0.25, 0.3) is 6.08 Å². The Labute approximate surface area is 205 Å². The fourth-order valence-corrected chi connectivity index (χ4v) is 4.83. The molecule has 0 radical (unpaired) electrons. The molecule has 1 aliphatic rings. The number of unbranched alkanes of at least 4 members (excludes halogenated alkanes) is 2. The first kappa shape index (κ1) is 24.1. The Kier molecular flexibility index (Phi) is 8.81. The second-order valence-corrected chi connectivity index (χ2v) is 9.82. The van der Waals surface area contributed by atoms with Gasteiger partial charge in [-0.05, 0) is 54.8 Å². The van der Waals surface area contributed by atoms with Crippen molar-refractivity contribution >= 4 is 86.7 Å². The first-order valence-corrected chi connectivity index (χ1v) is 11.9. The third-order valence-corrected chi connectivity index (χ3v) is 6.71. The Hall–Kier alpha value is -1.57. The smallest absolute Gasteiger partial charge is 0.266 e. The molecule has 0 aliphatic carbocycles. The molecule has 1 fully saturated rings. The highest BCUT2D eigenvalue weighted by molar-refractivity contribution is 8.26. The summed E-state index contributed by atoms with van der Waals surface area (Å²) in [5.41, 5.74) is 1.44. The minimum atomic E-state index is -0.110. The van der Waals surface area contributed by atoms with Gasteiger partial charge in [0.15, 0.2) is 0 Å². The van der Waals surface area contributed by atoms with E-state index in [0.29, 0.717) is 49.4 Å². The van der Waals surface area contributed by atoms with Crippen molar-refractivity contribution < 1.29 is 9.59 Å². The third kappa shape index (κ3) is 6.96. The molecule has 2 amide bonds. The van der Waals surface area contributed by atoms with Crippen LogP contribution in [0.2, 0.25) is 15.1 Å². The molecule has 2 aromatic rings. The van der Waals surface area contributed by atoms with Gasteiger partial charge in [0.2, 0.25) is 5.91 Å². The average molecular weight is 514 g/mol. The molecule has 1 saturated heterocycles. The van der Waals surface area contributed by atoms with Crippen molar-refractivity contribution in [1.29, 1.82) is 0 Å². The average Bonchev–Trinajstić information content (AvgIpc) is 2.98. The number of nitrogens with one attached hydrogen (secondary N) is 1.